The van der Waals surface area contributed by atoms with Crippen LogP contribution in [0.4, 0.5) is 0 Å². The molecule has 2 aromatic carbocycles. The summed E-state index contributed by atoms with van der Waals surface area (Å²) >= 11 is 0. The molecule has 0 aliphatic carbocycles. The molecule has 0 bridgehead atoms. The zero-order chi connectivity index (χ0) is 21.4. The van der Waals surface area contributed by atoms with E-state index in [4.69, 9.17) is 18.9 Å². The molecule has 1 amide bonds. The normalized spacial score (nSPS) is 19.4. The van der Waals surface area contributed by atoms with Crippen LogP contribution in [0.25, 0.3) is 0 Å². The number of ether oxygens (including phenoxy) is 4. The number of carbonyl (C=O) groups excluding carboxylic acids is 1. The van der Waals surface area contributed by atoms with Gasteiger partial charge >= 0.3 is 5.97 Å². The van der Waals surface area contributed by atoms with E-state index < -0.39 is 17.9 Å². The van der Waals surface area contributed by atoms with Crippen molar-refractivity contribution < 1.29 is 33.6 Å². The summed E-state index contributed by atoms with van der Waals surface area (Å²) in [7, 11) is 2.95. The Balaban J connectivity index is 1.92. The van der Waals surface area contributed by atoms with Crippen molar-refractivity contribution in [1.29, 1.82) is 0 Å². The molecule has 0 saturated heterocycles. The van der Waals surface area contributed by atoms with E-state index in [2.05, 4.69) is 0 Å². The number of hydrogen-bond donors (Lipinski definition) is 1. The van der Waals surface area contributed by atoms with Crippen molar-refractivity contribution in [3.8, 4) is 23.0 Å². The Kier molecular flexibility index (Phi) is 5.15. The summed E-state index contributed by atoms with van der Waals surface area (Å²) in [5.41, 5.74) is 1.39. The van der Waals surface area contributed by atoms with Gasteiger partial charge in [0.1, 0.15) is 5.92 Å². The molecular weight excluding hydrogens is 390 g/mol. The molecule has 8 heteroatoms. The first-order valence-electron chi connectivity index (χ1n) is 9.69. The zero-order valence-electron chi connectivity index (χ0n) is 17.0. The van der Waals surface area contributed by atoms with E-state index in [0.717, 1.165) is 0 Å². The van der Waals surface area contributed by atoms with E-state index in [1.807, 2.05) is 6.92 Å². The third kappa shape index (κ3) is 3.08. The molecule has 30 heavy (non-hydrogen) atoms. The third-order valence-electron chi connectivity index (χ3n) is 5.50. The quantitative estimate of drug-likeness (QED) is 0.777. The summed E-state index contributed by atoms with van der Waals surface area (Å²) in [5.74, 6) is -0.354. The first-order valence-corrected chi connectivity index (χ1v) is 9.69. The van der Waals surface area contributed by atoms with Gasteiger partial charge in [-0.3, -0.25) is 9.59 Å². The summed E-state index contributed by atoms with van der Waals surface area (Å²) in [6, 6.07) is 7.74. The largest absolute Gasteiger partial charge is 0.493 e. The molecule has 0 aromatic heterocycles. The van der Waals surface area contributed by atoms with Crippen LogP contribution in [-0.4, -0.2) is 49.4 Å². The number of fused-ring (bicyclic) bond motifs is 2. The molecule has 2 aromatic rings. The van der Waals surface area contributed by atoms with Crippen molar-refractivity contribution in [3.05, 3.63) is 47.0 Å². The fourth-order valence-corrected chi connectivity index (χ4v) is 4.19. The van der Waals surface area contributed by atoms with Crippen LogP contribution in [-0.2, 0) is 4.79 Å². The highest BCUT2D eigenvalue weighted by Gasteiger charge is 2.45. The first kappa shape index (κ1) is 19.9. The fourth-order valence-electron chi connectivity index (χ4n) is 4.19. The monoisotopic (exact) mass is 413 g/mol. The number of methoxy groups -OCH3 is 2. The maximum Gasteiger partial charge on any atom is 0.313 e. The fraction of sp³-hybridized carbons (Fsp3) is 0.364. The summed E-state index contributed by atoms with van der Waals surface area (Å²) in [6.45, 7) is 2.47. The van der Waals surface area contributed by atoms with Crippen LogP contribution in [0.15, 0.2) is 30.3 Å². The Morgan fingerprint density at radius 1 is 1.13 bits per heavy atom. The van der Waals surface area contributed by atoms with Crippen LogP contribution in [0.3, 0.4) is 0 Å². The Morgan fingerprint density at radius 2 is 1.83 bits per heavy atom. The van der Waals surface area contributed by atoms with Crippen LogP contribution in [0, 0.1) is 0 Å². The Bertz CT molecular complexity index is 1000. The van der Waals surface area contributed by atoms with Gasteiger partial charge < -0.3 is 29.0 Å². The topological polar surface area (TPSA) is 94.5 Å². The van der Waals surface area contributed by atoms with E-state index in [-0.39, 0.29) is 12.7 Å². The van der Waals surface area contributed by atoms with E-state index in [1.54, 1.807) is 35.2 Å². The van der Waals surface area contributed by atoms with Crippen molar-refractivity contribution in [2.45, 2.75) is 25.3 Å². The van der Waals surface area contributed by atoms with Crippen LogP contribution < -0.4 is 18.9 Å². The summed E-state index contributed by atoms with van der Waals surface area (Å²) in [4.78, 5) is 27.5. The number of benzene rings is 2. The molecule has 0 spiro atoms. The predicted molar refractivity (Wildman–Crippen MR) is 107 cm³/mol. The lowest BCUT2D eigenvalue weighted by Crippen LogP contribution is -2.45. The lowest BCUT2D eigenvalue weighted by Gasteiger charge is -2.41. The number of nitrogens with zero attached hydrogens (tertiary/aromatic N) is 1. The van der Waals surface area contributed by atoms with Gasteiger partial charge in [-0.15, -0.1) is 0 Å². The smallest absolute Gasteiger partial charge is 0.313 e. The van der Waals surface area contributed by atoms with Gasteiger partial charge in [0.15, 0.2) is 23.0 Å². The molecule has 158 valence electrons. The molecule has 8 nitrogen and oxygen atoms in total. The molecule has 2 atom stereocenters. The molecule has 1 N–H and O–H groups in total. The average molecular weight is 413 g/mol. The predicted octanol–water partition coefficient (Wildman–Crippen LogP) is 3.21. The Labute approximate surface area is 173 Å². The number of carboxylic acid groups (broad SMARTS) is 1. The minimum absolute atomic E-state index is 0.114. The third-order valence-corrected chi connectivity index (χ3v) is 5.50. The first-order chi connectivity index (χ1) is 14.5. The van der Waals surface area contributed by atoms with Gasteiger partial charge in [0, 0.05) is 12.1 Å². The lowest BCUT2D eigenvalue weighted by atomic mass is 9.79. The van der Waals surface area contributed by atoms with E-state index in [1.165, 1.54) is 14.2 Å². The molecule has 2 aliphatic rings. The van der Waals surface area contributed by atoms with Crippen molar-refractivity contribution in [3.63, 3.8) is 0 Å². The van der Waals surface area contributed by atoms with Crippen LogP contribution in [0.5, 0.6) is 23.0 Å². The van der Waals surface area contributed by atoms with Gasteiger partial charge in [0.25, 0.3) is 5.91 Å². The maximum absolute atomic E-state index is 13.4. The number of carboxylic acids is 1. The second-order valence-corrected chi connectivity index (χ2v) is 7.17. The molecule has 0 unspecified atom stereocenters. The molecule has 4 rings (SSSR count). The summed E-state index contributed by atoms with van der Waals surface area (Å²) in [5, 5.41) is 10.2. The highest BCUT2D eigenvalue weighted by molar-refractivity contribution is 6.01. The maximum atomic E-state index is 13.4. The zero-order valence-corrected chi connectivity index (χ0v) is 17.0. The van der Waals surface area contributed by atoms with Gasteiger partial charge in [0.2, 0.25) is 6.79 Å². The van der Waals surface area contributed by atoms with E-state index in [9.17, 15) is 14.7 Å². The summed E-state index contributed by atoms with van der Waals surface area (Å²) in [6.07, 6.45) is 0.682. The SMILES string of the molecule is CCCN1C(=O)c2cc(OC)c(OC)cc2[C@@H](C(=O)O)[C@H]1c1ccc2c(c1)OCO2. The van der Waals surface area contributed by atoms with Gasteiger partial charge in [-0.05, 0) is 41.8 Å². The second-order valence-electron chi connectivity index (χ2n) is 7.17. The van der Waals surface area contributed by atoms with E-state index in [0.29, 0.717) is 52.7 Å². The number of aliphatic carboxylic acids is 1. The Morgan fingerprint density at radius 3 is 2.50 bits per heavy atom. The van der Waals surface area contributed by atoms with E-state index >= 15 is 0 Å². The molecule has 0 saturated carbocycles. The summed E-state index contributed by atoms with van der Waals surface area (Å²) < 4.78 is 21.5. The Hall–Kier alpha value is -3.42. The highest BCUT2D eigenvalue weighted by atomic mass is 16.7. The second kappa shape index (κ2) is 7.78. The average Bonchev–Trinajstić information content (AvgIpc) is 3.22. The van der Waals surface area contributed by atoms with Crippen molar-refractivity contribution in [1.82, 2.24) is 4.90 Å². The van der Waals surface area contributed by atoms with Crippen molar-refractivity contribution in [2.24, 2.45) is 0 Å². The number of rotatable bonds is 6. The molecule has 2 aliphatic heterocycles. The van der Waals surface area contributed by atoms with Gasteiger partial charge in [0.05, 0.1) is 20.3 Å². The molecular formula is C22H23NO7. The van der Waals surface area contributed by atoms with Gasteiger partial charge in [-0.1, -0.05) is 13.0 Å². The van der Waals surface area contributed by atoms with Crippen LogP contribution in [0.2, 0.25) is 0 Å². The number of carbonyl (C=O) groups is 2. The number of hydrogen-bond acceptors (Lipinski definition) is 6. The van der Waals surface area contributed by atoms with Gasteiger partial charge in [-0.25, -0.2) is 0 Å². The molecule has 2 heterocycles. The number of amides is 1. The highest BCUT2D eigenvalue weighted by Crippen LogP contribution is 2.47. The lowest BCUT2D eigenvalue weighted by molar-refractivity contribution is -0.140. The van der Waals surface area contributed by atoms with Crippen molar-refractivity contribution >= 4 is 11.9 Å². The molecule has 0 fully saturated rings. The van der Waals surface area contributed by atoms with Gasteiger partial charge in [-0.2, -0.15) is 0 Å². The standard InChI is InChI=1S/C22H23NO7/c1-4-7-23-20(12-5-6-15-18(8-12)30-11-29-15)19(22(25)26)13-9-16(27-2)17(28-3)10-14(13)21(23)24/h5-6,8-10,19-20H,4,7,11H2,1-3H3,(H,25,26)/t19-,20-/m1/s1. The minimum Gasteiger partial charge on any atom is -0.493 e. The molecule has 0 radical (unpaired) electrons. The van der Waals surface area contributed by atoms with Crippen molar-refractivity contribution in [2.75, 3.05) is 27.6 Å². The minimum atomic E-state index is -1.03. The van der Waals surface area contributed by atoms with Crippen LogP contribution in [0.1, 0.15) is 46.8 Å². The van der Waals surface area contributed by atoms with Crippen LogP contribution >= 0.6 is 0 Å².